The van der Waals surface area contributed by atoms with Gasteiger partial charge in [0.2, 0.25) is 0 Å². The Balaban J connectivity index is 3.14. The van der Waals surface area contributed by atoms with E-state index in [0.717, 1.165) is 55.2 Å². The molecule has 0 unspecified atom stereocenters. The van der Waals surface area contributed by atoms with Crippen molar-refractivity contribution in [2.45, 2.75) is 65.2 Å². The topological polar surface area (TPSA) is 46.5 Å². The monoisotopic (exact) mass is 292 g/mol. The minimum atomic E-state index is -0.295. The molecule has 1 aromatic carbocycles. The zero-order valence-electron chi connectivity index (χ0n) is 13.7. The van der Waals surface area contributed by atoms with E-state index in [1.165, 1.54) is 7.11 Å². The molecule has 1 N–H and O–H groups in total. The number of hydrogen-bond donors (Lipinski definition) is 1. The first-order valence-corrected chi connectivity index (χ1v) is 7.97. The summed E-state index contributed by atoms with van der Waals surface area (Å²) in [5.74, 6) is -0.113. The molecule has 0 amide bonds. The van der Waals surface area contributed by atoms with Gasteiger partial charge in [-0.05, 0) is 49.3 Å². The smallest absolute Gasteiger partial charge is 0.312 e. The summed E-state index contributed by atoms with van der Waals surface area (Å²) in [7, 11) is 1.41. The second kappa shape index (κ2) is 8.71. The van der Waals surface area contributed by atoms with Gasteiger partial charge in [0.05, 0.1) is 13.0 Å². The fraction of sp³-hybridized carbons (Fsp3) is 0.611. The third kappa shape index (κ3) is 4.76. The van der Waals surface area contributed by atoms with Crippen LogP contribution in [0.2, 0.25) is 0 Å². The van der Waals surface area contributed by atoms with E-state index in [2.05, 4.69) is 13.8 Å². The minimum Gasteiger partial charge on any atom is -0.507 e. The number of rotatable bonds is 8. The maximum atomic E-state index is 11.8. The number of phenolic OH excluding ortho intramolecular Hbond substituents is 1. The van der Waals surface area contributed by atoms with E-state index in [-0.39, 0.29) is 11.9 Å². The molecule has 1 atom stereocenters. The summed E-state index contributed by atoms with van der Waals surface area (Å²) in [5.41, 5.74) is 2.85. The zero-order chi connectivity index (χ0) is 15.8. The van der Waals surface area contributed by atoms with Crippen LogP contribution in [-0.4, -0.2) is 18.2 Å². The molecule has 1 aromatic rings. The van der Waals surface area contributed by atoms with Gasteiger partial charge < -0.3 is 9.84 Å². The molecule has 0 aromatic heterocycles. The summed E-state index contributed by atoms with van der Waals surface area (Å²) >= 11 is 0. The highest BCUT2D eigenvalue weighted by atomic mass is 16.5. The molecule has 0 saturated heterocycles. The molecule has 3 nitrogen and oxygen atoms in total. The Morgan fingerprint density at radius 1 is 1.14 bits per heavy atom. The van der Waals surface area contributed by atoms with E-state index in [1.807, 2.05) is 19.1 Å². The zero-order valence-corrected chi connectivity index (χ0v) is 13.7. The van der Waals surface area contributed by atoms with E-state index < -0.39 is 0 Å². The summed E-state index contributed by atoms with van der Waals surface area (Å²) in [4.78, 5) is 11.8. The van der Waals surface area contributed by atoms with Gasteiger partial charge in [-0.2, -0.15) is 0 Å². The van der Waals surface area contributed by atoms with E-state index in [9.17, 15) is 9.90 Å². The van der Waals surface area contributed by atoms with E-state index in [0.29, 0.717) is 5.75 Å². The number of benzene rings is 1. The van der Waals surface area contributed by atoms with Gasteiger partial charge in [0.25, 0.3) is 0 Å². The van der Waals surface area contributed by atoms with Crippen LogP contribution in [0.25, 0.3) is 0 Å². The average Bonchev–Trinajstić information content (AvgIpc) is 2.51. The van der Waals surface area contributed by atoms with Gasteiger partial charge in [-0.3, -0.25) is 4.79 Å². The Labute approximate surface area is 128 Å². The van der Waals surface area contributed by atoms with Crippen LogP contribution < -0.4 is 0 Å². The van der Waals surface area contributed by atoms with Crippen LogP contribution in [0.1, 0.15) is 69.1 Å². The number of aryl methyl sites for hydroxylation is 2. The third-order valence-corrected chi connectivity index (χ3v) is 3.94. The number of phenols is 1. The summed E-state index contributed by atoms with van der Waals surface area (Å²) in [6.45, 7) is 6.12. The van der Waals surface area contributed by atoms with Crippen molar-refractivity contribution in [2.24, 2.45) is 0 Å². The van der Waals surface area contributed by atoms with Crippen LogP contribution in [0.15, 0.2) is 12.1 Å². The van der Waals surface area contributed by atoms with Gasteiger partial charge in [0.1, 0.15) is 5.75 Å². The number of esters is 1. The number of carbonyl (C=O) groups excluding carboxylic acids is 1. The highest BCUT2D eigenvalue weighted by Crippen LogP contribution is 2.31. The molecular weight excluding hydrogens is 264 g/mol. The lowest BCUT2D eigenvalue weighted by Crippen LogP contribution is -2.11. The standard InChI is InChI=1S/C18H28O3/c1-5-7-9-14-11-16(13(3)18(20)21-4)12-15(17(14)19)10-8-6-2/h11-13,19H,5-10H2,1-4H3/t13-/m1/s1. The first-order chi connectivity index (χ1) is 10.0. The summed E-state index contributed by atoms with van der Waals surface area (Å²) < 4.78 is 4.84. The minimum absolute atomic E-state index is 0.233. The molecule has 3 heteroatoms. The molecular formula is C18H28O3. The lowest BCUT2D eigenvalue weighted by atomic mass is 9.92. The van der Waals surface area contributed by atoms with Gasteiger partial charge in [-0.1, -0.05) is 38.8 Å². The second-order valence-corrected chi connectivity index (χ2v) is 5.64. The van der Waals surface area contributed by atoms with Gasteiger partial charge >= 0.3 is 5.97 Å². The maximum Gasteiger partial charge on any atom is 0.312 e. The molecule has 0 spiro atoms. The van der Waals surface area contributed by atoms with Crippen molar-refractivity contribution in [2.75, 3.05) is 7.11 Å². The fourth-order valence-electron chi connectivity index (χ4n) is 2.47. The molecule has 0 saturated carbocycles. The number of methoxy groups -OCH3 is 1. The van der Waals surface area contributed by atoms with Crippen LogP contribution in [0.4, 0.5) is 0 Å². The van der Waals surface area contributed by atoms with Crippen molar-refractivity contribution >= 4 is 5.97 Å². The fourth-order valence-corrected chi connectivity index (χ4v) is 2.47. The van der Waals surface area contributed by atoms with Crippen LogP contribution in [0.5, 0.6) is 5.75 Å². The molecule has 0 aliphatic heterocycles. The van der Waals surface area contributed by atoms with Gasteiger partial charge in [-0.25, -0.2) is 0 Å². The van der Waals surface area contributed by atoms with E-state index in [4.69, 9.17) is 4.74 Å². The molecule has 0 aliphatic rings. The van der Waals surface area contributed by atoms with Gasteiger partial charge in [0.15, 0.2) is 0 Å². The molecule has 0 fully saturated rings. The molecule has 118 valence electrons. The van der Waals surface area contributed by atoms with Crippen molar-refractivity contribution in [3.8, 4) is 5.75 Å². The number of carbonyl (C=O) groups is 1. The molecule has 21 heavy (non-hydrogen) atoms. The Hall–Kier alpha value is -1.51. The number of hydrogen-bond acceptors (Lipinski definition) is 3. The molecule has 1 rings (SSSR count). The SMILES string of the molecule is CCCCc1cc([C@@H](C)C(=O)OC)cc(CCCC)c1O. The molecule has 0 aliphatic carbocycles. The Morgan fingerprint density at radius 2 is 1.62 bits per heavy atom. The average molecular weight is 292 g/mol. The normalized spacial score (nSPS) is 12.2. The molecule has 0 heterocycles. The van der Waals surface area contributed by atoms with Crippen LogP contribution >= 0.6 is 0 Å². The molecule has 0 bridgehead atoms. The summed E-state index contributed by atoms with van der Waals surface area (Å²) in [5, 5.41) is 10.4. The predicted octanol–water partition coefficient (Wildman–Crippen LogP) is 4.35. The summed E-state index contributed by atoms with van der Waals surface area (Å²) in [6.07, 6.45) is 5.95. The first-order valence-electron chi connectivity index (χ1n) is 7.97. The quantitative estimate of drug-likeness (QED) is 0.724. The second-order valence-electron chi connectivity index (χ2n) is 5.64. The number of aromatic hydroxyl groups is 1. The largest absolute Gasteiger partial charge is 0.507 e. The number of ether oxygens (including phenoxy) is 1. The van der Waals surface area contributed by atoms with Crippen molar-refractivity contribution < 1.29 is 14.6 Å². The van der Waals surface area contributed by atoms with Gasteiger partial charge in [0, 0.05) is 0 Å². The summed E-state index contributed by atoms with van der Waals surface area (Å²) in [6, 6.07) is 3.92. The van der Waals surface area contributed by atoms with E-state index >= 15 is 0 Å². The highest BCUT2D eigenvalue weighted by Gasteiger charge is 2.19. The predicted molar refractivity (Wildman–Crippen MR) is 85.8 cm³/mol. The Kier molecular flexibility index (Phi) is 7.27. The van der Waals surface area contributed by atoms with Crippen LogP contribution in [-0.2, 0) is 22.4 Å². The Bertz CT molecular complexity index is 437. The van der Waals surface area contributed by atoms with Crippen molar-refractivity contribution in [1.29, 1.82) is 0 Å². The van der Waals surface area contributed by atoms with Crippen LogP contribution in [0.3, 0.4) is 0 Å². The van der Waals surface area contributed by atoms with Crippen molar-refractivity contribution in [3.05, 3.63) is 28.8 Å². The first kappa shape index (κ1) is 17.5. The number of unbranched alkanes of at least 4 members (excludes halogenated alkanes) is 2. The lowest BCUT2D eigenvalue weighted by molar-refractivity contribution is -0.141. The van der Waals surface area contributed by atoms with Crippen molar-refractivity contribution in [1.82, 2.24) is 0 Å². The Morgan fingerprint density at radius 3 is 2.00 bits per heavy atom. The van der Waals surface area contributed by atoms with Gasteiger partial charge in [-0.15, -0.1) is 0 Å². The van der Waals surface area contributed by atoms with E-state index in [1.54, 1.807) is 0 Å². The third-order valence-electron chi connectivity index (χ3n) is 3.94. The van der Waals surface area contributed by atoms with Crippen molar-refractivity contribution in [3.63, 3.8) is 0 Å². The molecule has 0 radical (unpaired) electrons. The highest BCUT2D eigenvalue weighted by molar-refractivity contribution is 5.77. The van der Waals surface area contributed by atoms with Crippen LogP contribution in [0, 0.1) is 0 Å². The maximum absolute atomic E-state index is 11.8. The lowest BCUT2D eigenvalue weighted by Gasteiger charge is -2.16.